The Kier molecular flexibility index (Phi) is 35.2. The van der Waals surface area contributed by atoms with Crippen LogP contribution in [0.3, 0.4) is 0 Å². The van der Waals surface area contributed by atoms with Crippen molar-refractivity contribution >= 4 is 5.97 Å². The van der Waals surface area contributed by atoms with Crippen LogP contribution in [-0.4, -0.2) is 37.0 Å². The van der Waals surface area contributed by atoms with Gasteiger partial charge in [-0.15, -0.1) is 0 Å². The number of carbonyl (C=O) groups excluding carboxylic acids is 1. The van der Waals surface area contributed by atoms with Crippen LogP contribution in [0.5, 0.6) is 0 Å². The van der Waals surface area contributed by atoms with Gasteiger partial charge >= 0.3 is 5.97 Å². The van der Waals surface area contributed by atoms with Crippen molar-refractivity contribution < 1.29 is 19.4 Å². The number of carbonyl (C=O) groups is 1. The molecule has 0 aliphatic rings. The van der Waals surface area contributed by atoms with E-state index in [1.165, 1.54) is 44.9 Å². The van der Waals surface area contributed by atoms with Gasteiger partial charge in [0.25, 0.3) is 0 Å². The lowest BCUT2D eigenvalue weighted by Crippen LogP contribution is -2.27. The number of allylic oxidation sites excluding steroid dienone is 12. The number of unbranched alkanes of at least 4 members (excludes halogenated alkanes) is 12. The molecule has 0 aliphatic carbocycles. The van der Waals surface area contributed by atoms with Crippen molar-refractivity contribution in [2.75, 3.05) is 19.8 Å². The molecule has 0 saturated carbocycles. The molecule has 1 atom stereocenters. The largest absolute Gasteiger partial charge is 0.457 e. The fourth-order valence-electron chi connectivity index (χ4n) is 4.58. The Morgan fingerprint density at radius 2 is 1.02 bits per heavy atom. The summed E-state index contributed by atoms with van der Waals surface area (Å²) in [6.45, 7) is 5.11. The lowest BCUT2D eigenvalue weighted by atomic mass is 10.1. The van der Waals surface area contributed by atoms with Gasteiger partial charge in [0.2, 0.25) is 0 Å². The molecule has 4 nitrogen and oxygen atoms in total. The molecular weight excluding hydrogens is 544 g/mol. The first-order valence-electron chi connectivity index (χ1n) is 18.0. The third kappa shape index (κ3) is 34.3. The van der Waals surface area contributed by atoms with Crippen molar-refractivity contribution in [1.82, 2.24) is 0 Å². The fourth-order valence-corrected chi connectivity index (χ4v) is 4.58. The average molecular weight is 613 g/mol. The van der Waals surface area contributed by atoms with E-state index in [4.69, 9.17) is 9.47 Å². The Morgan fingerprint density at radius 3 is 1.55 bits per heavy atom. The van der Waals surface area contributed by atoms with E-state index in [0.29, 0.717) is 13.0 Å². The standard InChI is InChI=1S/C40H68O4/c1-3-5-7-9-11-13-15-17-19-21-23-25-27-29-31-33-35-40(42)44-39(37-41)38-43-36-34-32-30-28-26-24-22-20-18-16-14-12-10-8-6-4-2/h6,8,12-15,18-21,24,26,39,41H,3-5,7,9-11,16-17,22-23,25,27-38H2,1-2H3/b8-6-,14-12-,15-13-,20-18-,21-19-,26-24-. The summed E-state index contributed by atoms with van der Waals surface area (Å²) in [5, 5.41) is 9.55. The molecule has 0 aromatic rings. The van der Waals surface area contributed by atoms with Gasteiger partial charge in [0.1, 0.15) is 6.10 Å². The molecule has 0 rings (SSSR count). The molecule has 0 amide bonds. The molecule has 1 unspecified atom stereocenters. The zero-order chi connectivity index (χ0) is 32.0. The maximum atomic E-state index is 12.1. The number of hydrogen-bond acceptors (Lipinski definition) is 4. The van der Waals surface area contributed by atoms with Gasteiger partial charge in [0, 0.05) is 13.0 Å². The summed E-state index contributed by atoms with van der Waals surface area (Å²) >= 11 is 0. The Labute approximate surface area is 272 Å². The van der Waals surface area contributed by atoms with E-state index in [0.717, 1.165) is 83.5 Å². The molecule has 252 valence electrons. The molecule has 0 saturated heterocycles. The van der Waals surface area contributed by atoms with Crippen molar-refractivity contribution in [1.29, 1.82) is 0 Å². The minimum absolute atomic E-state index is 0.195. The van der Waals surface area contributed by atoms with Gasteiger partial charge in [-0.2, -0.15) is 0 Å². The van der Waals surface area contributed by atoms with Crippen LogP contribution in [0.2, 0.25) is 0 Å². The molecular formula is C40H68O4. The molecule has 0 aromatic heterocycles. The van der Waals surface area contributed by atoms with Crippen molar-refractivity contribution in [3.05, 3.63) is 72.9 Å². The second-order valence-corrected chi connectivity index (χ2v) is 11.6. The highest BCUT2D eigenvalue weighted by atomic mass is 16.6. The number of aliphatic hydroxyl groups is 1. The monoisotopic (exact) mass is 613 g/mol. The van der Waals surface area contributed by atoms with Gasteiger partial charge in [-0.1, -0.05) is 132 Å². The third-order valence-corrected chi connectivity index (χ3v) is 7.27. The van der Waals surface area contributed by atoms with Gasteiger partial charge in [0.15, 0.2) is 0 Å². The van der Waals surface area contributed by atoms with Crippen LogP contribution < -0.4 is 0 Å². The highest BCUT2D eigenvalue weighted by molar-refractivity contribution is 5.69. The van der Waals surface area contributed by atoms with E-state index < -0.39 is 6.10 Å². The maximum absolute atomic E-state index is 12.1. The van der Waals surface area contributed by atoms with Crippen molar-refractivity contribution in [2.24, 2.45) is 0 Å². The van der Waals surface area contributed by atoms with Gasteiger partial charge in [-0.3, -0.25) is 4.79 Å². The first-order chi connectivity index (χ1) is 21.7. The summed E-state index contributed by atoms with van der Waals surface area (Å²) in [5.41, 5.74) is 0. The van der Waals surface area contributed by atoms with Crippen LogP contribution in [0, 0.1) is 0 Å². The summed E-state index contributed by atoms with van der Waals surface area (Å²) < 4.78 is 11.1. The SMILES string of the molecule is CC/C=C\C/C=C\C/C=C\C/C=C\CCCCCOCC(CO)OC(=O)CCCCCCC/C=C\C/C=C\CCCCCC. The third-order valence-electron chi connectivity index (χ3n) is 7.27. The Morgan fingerprint density at radius 1 is 0.568 bits per heavy atom. The second kappa shape index (κ2) is 37.0. The summed E-state index contributed by atoms with van der Waals surface area (Å²) in [7, 11) is 0. The van der Waals surface area contributed by atoms with Crippen LogP contribution >= 0.6 is 0 Å². The zero-order valence-electron chi connectivity index (χ0n) is 28.6. The highest BCUT2D eigenvalue weighted by Crippen LogP contribution is 2.10. The minimum atomic E-state index is -0.561. The predicted molar refractivity (Wildman–Crippen MR) is 191 cm³/mol. The van der Waals surface area contributed by atoms with Gasteiger partial charge in [0.05, 0.1) is 13.2 Å². The molecule has 44 heavy (non-hydrogen) atoms. The first-order valence-corrected chi connectivity index (χ1v) is 18.0. The van der Waals surface area contributed by atoms with Crippen molar-refractivity contribution in [3.63, 3.8) is 0 Å². The van der Waals surface area contributed by atoms with Gasteiger partial charge in [-0.05, 0) is 83.5 Å². The lowest BCUT2D eigenvalue weighted by molar-refractivity contribution is -0.154. The Bertz CT molecular complexity index is 774. The topological polar surface area (TPSA) is 55.8 Å². The average Bonchev–Trinajstić information content (AvgIpc) is 3.03. The summed E-state index contributed by atoms with van der Waals surface area (Å²) in [6.07, 6.45) is 49.4. The number of esters is 1. The summed E-state index contributed by atoms with van der Waals surface area (Å²) in [4.78, 5) is 12.1. The maximum Gasteiger partial charge on any atom is 0.306 e. The van der Waals surface area contributed by atoms with Crippen LogP contribution in [0.25, 0.3) is 0 Å². The van der Waals surface area contributed by atoms with Crippen molar-refractivity contribution in [2.45, 2.75) is 155 Å². The highest BCUT2D eigenvalue weighted by Gasteiger charge is 2.13. The molecule has 0 aromatic carbocycles. The van der Waals surface area contributed by atoms with Crippen LogP contribution in [0.1, 0.15) is 149 Å². The molecule has 0 heterocycles. The smallest absolute Gasteiger partial charge is 0.306 e. The van der Waals surface area contributed by atoms with Crippen LogP contribution in [-0.2, 0) is 14.3 Å². The van der Waals surface area contributed by atoms with Crippen molar-refractivity contribution in [3.8, 4) is 0 Å². The molecule has 0 bridgehead atoms. The quantitative estimate of drug-likeness (QED) is 0.0466. The molecule has 4 heteroatoms. The normalized spacial score (nSPS) is 13.2. The van der Waals surface area contributed by atoms with E-state index in [-0.39, 0.29) is 19.2 Å². The van der Waals surface area contributed by atoms with Gasteiger partial charge < -0.3 is 14.6 Å². The predicted octanol–water partition coefficient (Wildman–Crippen LogP) is 11.5. The van der Waals surface area contributed by atoms with E-state index >= 15 is 0 Å². The van der Waals surface area contributed by atoms with E-state index in [9.17, 15) is 9.90 Å². The van der Waals surface area contributed by atoms with Crippen LogP contribution in [0.4, 0.5) is 0 Å². The molecule has 0 aliphatic heterocycles. The molecule has 1 N–H and O–H groups in total. The molecule has 0 spiro atoms. The number of aliphatic hydroxyl groups excluding tert-OH is 1. The lowest BCUT2D eigenvalue weighted by Gasteiger charge is -2.15. The van der Waals surface area contributed by atoms with Crippen LogP contribution in [0.15, 0.2) is 72.9 Å². The summed E-state index contributed by atoms with van der Waals surface area (Å²) in [5.74, 6) is -0.230. The Balaban J connectivity index is 3.57. The number of hydrogen-bond donors (Lipinski definition) is 1. The molecule has 0 fully saturated rings. The van der Waals surface area contributed by atoms with E-state index in [2.05, 4.69) is 86.8 Å². The Hall–Kier alpha value is -2.17. The second-order valence-electron chi connectivity index (χ2n) is 11.6. The molecule has 0 radical (unpaired) electrons. The minimum Gasteiger partial charge on any atom is -0.457 e. The van der Waals surface area contributed by atoms with Gasteiger partial charge in [-0.25, -0.2) is 0 Å². The zero-order valence-corrected chi connectivity index (χ0v) is 28.6. The van der Waals surface area contributed by atoms with E-state index in [1.54, 1.807) is 0 Å². The number of ether oxygens (including phenoxy) is 2. The van der Waals surface area contributed by atoms with E-state index in [1.807, 2.05) is 0 Å². The number of rotatable bonds is 32. The fraction of sp³-hybridized carbons (Fsp3) is 0.675. The summed E-state index contributed by atoms with van der Waals surface area (Å²) in [6, 6.07) is 0. The first kappa shape index (κ1) is 41.8.